The quantitative estimate of drug-likeness (QED) is 0.402. The summed E-state index contributed by atoms with van der Waals surface area (Å²) in [7, 11) is 1.33. The maximum absolute atomic E-state index is 12.8. The van der Waals surface area contributed by atoms with Gasteiger partial charge in [0.15, 0.2) is 15.8 Å². The van der Waals surface area contributed by atoms with Crippen molar-refractivity contribution in [2.45, 2.75) is 6.61 Å². The van der Waals surface area contributed by atoms with Crippen molar-refractivity contribution in [2.75, 3.05) is 12.0 Å². The van der Waals surface area contributed by atoms with Crippen molar-refractivity contribution >= 4 is 69.2 Å². The number of hydrogen-bond acceptors (Lipinski definition) is 5. The van der Waals surface area contributed by atoms with Crippen molar-refractivity contribution in [3.63, 3.8) is 0 Å². The Balaban J connectivity index is 1.90. The number of alkyl halides is 2. The topological polar surface area (TPSA) is 38.8 Å². The standard InChI is InChI=1S/C18H11Cl2F2NO3S2/c1-25-14-6-9(2-5-13(14)26-17(21)22)7-15-16(24)23(18(27)28-15)10-3-4-11(19)12(20)8-10/h2-8,17H,1H3/b15-7+. The molecular weight excluding hydrogens is 451 g/mol. The van der Waals surface area contributed by atoms with Crippen molar-refractivity contribution in [3.8, 4) is 11.5 Å². The number of rotatable bonds is 5. The third-order valence-electron chi connectivity index (χ3n) is 3.66. The highest BCUT2D eigenvalue weighted by Crippen LogP contribution is 2.38. The molecule has 2 aromatic rings. The molecule has 2 aromatic carbocycles. The Morgan fingerprint density at radius 2 is 1.89 bits per heavy atom. The van der Waals surface area contributed by atoms with Crippen LogP contribution in [0, 0.1) is 0 Å². The second-order valence-electron chi connectivity index (χ2n) is 5.40. The zero-order valence-corrected chi connectivity index (χ0v) is 17.3. The number of carbonyl (C=O) groups is 1. The van der Waals surface area contributed by atoms with Gasteiger partial charge in [0.2, 0.25) is 0 Å². The molecule has 28 heavy (non-hydrogen) atoms. The number of halogens is 4. The Morgan fingerprint density at radius 1 is 1.14 bits per heavy atom. The molecule has 3 rings (SSSR count). The average molecular weight is 462 g/mol. The molecule has 1 aliphatic rings. The summed E-state index contributed by atoms with van der Waals surface area (Å²) in [5.74, 6) is -0.313. The fourth-order valence-electron chi connectivity index (χ4n) is 2.43. The summed E-state index contributed by atoms with van der Waals surface area (Å²) in [6, 6.07) is 9.14. The maximum atomic E-state index is 12.8. The number of nitrogens with zero attached hydrogens (tertiary/aromatic N) is 1. The van der Waals surface area contributed by atoms with Crippen molar-refractivity contribution in [2.24, 2.45) is 0 Å². The SMILES string of the molecule is COc1cc(/C=C2/SC(=S)N(c3ccc(Cl)c(Cl)c3)C2=O)ccc1OC(F)F. The van der Waals surface area contributed by atoms with Crippen LogP contribution in [0.1, 0.15) is 5.56 Å². The molecule has 0 N–H and O–H groups in total. The molecule has 1 aliphatic heterocycles. The minimum absolute atomic E-state index is 0.0991. The molecular formula is C18H11Cl2F2NO3S2. The molecule has 1 saturated heterocycles. The Morgan fingerprint density at radius 3 is 2.54 bits per heavy atom. The monoisotopic (exact) mass is 461 g/mol. The molecule has 4 nitrogen and oxygen atoms in total. The summed E-state index contributed by atoms with van der Waals surface area (Å²) in [4.78, 5) is 14.5. The largest absolute Gasteiger partial charge is 0.493 e. The Bertz CT molecular complexity index is 985. The smallest absolute Gasteiger partial charge is 0.387 e. The highest BCUT2D eigenvalue weighted by atomic mass is 35.5. The van der Waals surface area contributed by atoms with Crippen LogP contribution in [-0.2, 0) is 4.79 Å². The molecule has 1 fully saturated rings. The van der Waals surface area contributed by atoms with Crippen molar-refractivity contribution in [1.82, 2.24) is 0 Å². The normalized spacial score (nSPS) is 15.6. The average Bonchev–Trinajstić information content (AvgIpc) is 2.92. The summed E-state index contributed by atoms with van der Waals surface area (Å²) in [6.45, 7) is -2.97. The van der Waals surface area contributed by atoms with Gasteiger partial charge >= 0.3 is 6.61 Å². The molecule has 1 heterocycles. The van der Waals surface area contributed by atoms with E-state index in [1.807, 2.05) is 0 Å². The van der Waals surface area contributed by atoms with Gasteiger partial charge in [0.1, 0.15) is 0 Å². The molecule has 0 saturated carbocycles. The van der Waals surface area contributed by atoms with Gasteiger partial charge < -0.3 is 9.47 Å². The molecule has 0 aliphatic carbocycles. The van der Waals surface area contributed by atoms with Gasteiger partial charge in [0.05, 0.1) is 27.7 Å². The predicted molar refractivity (Wildman–Crippen MR) is 112 cm³/mol. The zero-order chi connectivity index (χ0) is 20.4. The fourth-order valence-corrected chi connectivity index (χ4v) is 4.02. The van der Waals surface area contributed by atoms with Crippen LogP contribution in [0.3, 0.4) is 0 Å². The van der Waals surface area contributed by atoms with Gasteiger partial charge in [0, 0.05) is 0 Å². The molecule has 146 valence electrons. The first-order valence-electron chi connectivity index (χ1n) is 7.66. The lowest BCUT2D eigenvalue weighted by molar-refractivity contribution is -0.113. The molecule has 10 heteroatoms. The van der Waals surface area contributed by atoms with E-state index in [0.29, 0.717) is 30.5 Å². The van der Waals surface area contributed by atoms with Gasteiger partial charge in [-0.3, -0.25) is 9.69 Å². The van der Waals surface area contributed by atoms with Gasteiger partial charge in [-0.25, -0.2) is 0 Å². The number of ether oxygens (including phenoxy) is 2. The second-order valence-corrected chi connectivity index (χ2v) is 7.89. The van der Waals surface area contributed by atoms with Gasteiger partial charge in [0.25, 0.3) is 5.91 Å². The highest BCUT2D eigenvalue weighted by Gasteiger charge is 2.33. The zero-order valence-electron chi connectivity index (χ0n) is 14.1. The highest BCUT2D eigenvalue weighted by molar-refractivity contribution is 8.27. The number of methoxy groups -OCH3 is 1. The van der Waals surface area contributed by atoms with Gasteiger partial charge in [-0.05, 0) is 42.0 Å². The maximum Gasteiger partial charge on any atom is 0.387 e. The lowest BCUT2D eigenvalue weighted by Crippen LogP contribution is -2.27. The Kier molecular flexibility index (Phi) is 6.44. The second kappa shape index (κ2) is 8.65. The number of benzene rings is 2. The number of thiocarbonyl (C=S) groups is 1. The molecule has 0 radical (unpaired) electrons. The summed E-state index contributed by atoms with van der Waals surface area (Å²) in [6.07, 6.45) is 1.59. The third-order valence-corrected chi connectivity index (χ3v) is 5.70. The van der Waals surface area contributed by atoms with Gasteiger partial charge in [-0.2, -0.15) is 8.78 Å². The van der Waals surface area contributed by atoms with Crippen LogP contribution in [0.25, 0.3) is 6.08 Å². The van der Waals surface area contributed by atoms with E-state index in [4.69, 9.17) is 40.2 Å². The summed E-state index contributed by atoms with van der Waals surface area (Å²) in [5, 5.41) is 0.668. The lowest BCUT2D eigenvalue weighted by Gasteiger charge is -2.15. The van der Waals surface area contributed by atoms with E-state index < -0.39 is 6.61 Å². The van der Waals surface area contributed by atoms with Crippen molar-refractivity contribution < 1.29 is 23.0 Å². The fraction of sp³-hybridized carbons (Fsp3) is 0.111. The van der Waals surface area contributed by atoms with E-state index in [9.17, 15) is 13.6 Å². The van der Waals surface area contributed by atoms with Crippen LogP contribution in [0.5, 0.6) is 11.5 Å². The first kappa shape index (κ1) is 20.9. The molecule has 0 atom stereocenters. The van der Waals surface area contributed by atoms with E-state index in [-0.39, 0.29) is 17.4 Å². The summed E-state index contributed by atoms with van der Waals surface area (Å²) in [5.41, 5.74) is 1.06. The number of carbonyl (C=O) groups excluding carboxylic acids is 1. The van der Waals surface area contributed by atoms with Gasteiger partial charge in [-0.1, -0.05) is 53.2 Å². The van der Waals surface area contributed by atoms with Gasteiger partial charge in [-0.15, -0.1) is 0 Å². The predicted octanol–water partition coefficient (Wildman–Crippen LogP) is 6.01. The van der Waals surface area contributed by atoms with Crippen LogP contribution < -0.4 is 14.4 Å². The Labute approximate surface area is 179 Å². The van der Waals surface area contributed by atoms with Crippen LogP contribution in [0.15, 0.2) is 41.3 Å². The number of anilines is 1. The molecule has 0 bridgehead atoms. The van der Waals surface area contributed by atoms with E-state index in [2.05, 4.69) is 4.74 Å². The number of amides is 1. The van der Waals surface area contributed by atoms with E-state index >= 15 is 0 Å². The molecule has 0 spiro atoms. The minimum Gasteiger partial charge on any atom is -0.493 e. The van der Waals surface area contributed by atoms with Crippen LogP contribution in [0.4, 0.5) is 14.5 Å². The van der Waals surface area contributed by atoms with E-state index in [1.165, 1.54) is 30.2 Å². The van der Waals surface area contributed by atoms with Crippen molar-refractivity contribution in [1.29, 1.82) is 0 Å². The number of hydrogen-bond donors (Lipinski definition) is 0. The van der Waals surface area contributed by atoms with Crippen LogP contribution in [0.2, 0.25) is 10.0 Å². The third kappa shape index (κ3) is 4.41. The van der Waals surface area contributed by atoms with E-state index in [1.54, 1.807) is 24.3 Å². The molecule has 0 unspecified atom stereocenters. The van der Waals surface area contributed by atoms with Crippen LogP contribution >= 0.6 is 47.2 Å². The summed E-state index contributed by atoms with van der Waals surface area (Å²) >= 11 is 18.4. The van der Waals surface area contributed by atoms with Crippen molar-refractivity contribution in [3.05, 3.63) is 56.9 Å². The Hall–Kier alpha value is -1.87. The first-order chi connectivity index (χ1) is 13.3. The lowest BCUT2D eigenvalue weighted by atomic mass is 10.2. The minimum atomic E-state index is -2.97. The van der Waals surface area contributed by atoms with Crippen LogP contribution in [-0.4, -0.2) is 23.9 Å². The summed E-state index contributed by atoms with van der Waals surface area (Å²) < 4.78 is 34.7. The molecule has 1 amide bonds. The van der Waals surface area contributed by atoms with E-state index in [0.717, 1.165) is 11.8 Å². The number of thioether (sulfide) groups is 1. The first-order valence-corrected chi connectivity index (χ1v) is 9.64. The molecule has 0 aromatic heterocycles.